The second-order valence-electron chi connectivity index (χ2n) is 2.87. The van der Waals surface area contributed by atoms with Crippen molar-refractivity contribution in [3.05, 3.63) is 34.5 Å². The molecule has 0 spiro atoms. The molecule has 1 aromatic heterocycles. The van der Waals surface area contributed by atoms with Crippen molar-refractivity contribution in [3.8, 4) is 0 Å². The van der Waals surface area contributed by atoms with Gasteiger partial charge in [-0.3, -0.25) is 0 Å². The van der Waals surface area contributed by atoms with Gasteiger partial charge in [-0.1, -0.05) is 31.9 Å². The highest BCUT2D eigenvalue weighted by Gasteiger charge is 2.11. The van der Waals surface area contributed by atoms with Gasteiger partial charge < -0.3 is 9.21 Å². The van der Waals surface area contributed by atoms with E-state index in [4.69, 9.17) is 4.42 Å². The molecule has 1 unspecified atom stereocenters. The second kappa shape index (κ2) is 3.87. The van der Waals surface area contributed by atoms with Gasteiger partial charge in [-0.25, -0.2) is 0 Å². The zero-order chi connectivity index (χ0) is 10.1. The topological polar surface area (TPSA) is 30.2 Å². The summed E-state index contributed by atoms with van der Waals surface area (Å²) in [6, 6.07) is 7.58. The highest BCUT2D eigenvalue weighted by molar-refractivity contribution is 9.10. The Balaban J connectivity index is 2.56. The van der Waals surface area contributed by atoms with Crippen molar-refractivity contribution in [3.63, 3.8) is 0 Å². The van der Waals surface area contributed by atoms with E-state index in [9.17, 15) is 4.79 Å². The first-order valence-corrected chi connectivity index (χ1v) is 5.70. The third-order valence-corrected chi connectivity index (χ3v) is 3.05. The van der Waals surface area contributed by atoms with E-state index in [1.54, 1.807) is 0 Å². The average molecular weight is 318 g/mol. The van der Waals surface area contributed by atoms with Crippen LogP contribution in [0.15, 0.2) is 33.2 Å². The van der Waals surface area contributed by atoms with Crippen LogP contribution in [0.1, 0.15) is 10.6 Å². The summed E-state index contributed by atoms with van der Waals surface area (Å²) in [6.07, 6.45) is 0.798. The van der Waals surface area contributed by atoms with Gasteiger partial charge >= 0.3 is 0 Å². The summed E-state index contributed by atoms with van der Waals surface area (Å²) in [5.41, 5.74) is 0.787. The largest absolute Gasteiger partial charge is 0.459 e. The summed E-state index contributed by atoms with van der Waals surface area (Å²) in [6.45, 7) is 0. The van der Waals surface area contributed by atoms with Gasteiger partial charge in [0.2, 0.25) is 0 Å². The molecule has 0 bridgehead atoms. The first kappa shape index (κ1) is 9.93. The normalized spacial score (nSPS) is 13.0. The Morgan fingerprint density at radius 3 is 2.86 bits per heavy atom. The number of furan rings is 1. The lowest BCUT2D eigenvalue weighted by atomic mass is 10.2. The third kappa shape index (κ3) is 1.77. The smallest absolute Gasteiger partial charge is 0.141 e. The van der Waals surface area contributed by atoms with Crippen LogP contribution in [0.3, 0.4) is 0 Å². The van der Waals surface area contributed by atoms with Crippen molar-refractivity contribution in [2.24, 2.45) is 0 Å². The number of rotatable bonds is 2. The van der Waals surface area contributed by atoms with Crippen LogP contribution in [-0.2, 0) is 4.79 Å². The summed E-state index contributed by atoms with van der Waals surface area (Å²) < 4.78 is 6.47. The summed E-state index contributed by atoms with van der Waals surface area (Å²) in [5, 5.41) is 0.987. The first-order chi connectivity index (χ1) is 6.70. The van der Waals surface area contributed by atoms with Crippen LogP contribution in [0, 0.1) is 0 Å². The van der Waals surface area contributed by atoms with Crippen LogP contribution in [0.5, 0.6) is 0 Å². The van der Waals surface area contributed by atoms with Crippen molar-refractivity contribution in [2.45, 2.75) is 4.83 Å². The molecule has 0 aliphatic rings. The number of carbonyl (C=O) groups is 1. The summed E-state index contributed by atoms with van der Waals surface area (Å²) >= 11 is 6.58. The Labute approximate surface area is 97.5 Å². The van der Waals surface area contributed by atoms with E-state index in [-0.39, 0.29) is 4.83 Å². The molecule has 0 aliphatic heterocycles. The van der Waals surface area contributed by atoms with Crippen LogP contribution in [0.2, 0.25) is 0 Å². The average Bonchev–Trinajstić information content (AvgIpc) is 2.59. The van der Waals surface area contributed by atoms with Crippen LogP contribution in [0.4, 0.5) is 0 Å². The fourth-order valence-electron chi connectivity index (χ4n) is 1.24. The Bertz CT molecular complexity index is 476. The van der Waals surface area contributed by atoms with Gasteiger partial charge in [0.15, 0.2) is 0 Å². The molecule has 0 saturated carbocycles. The van der Waals surface area contributed by atoms with Crippen molar-refractivity contribution in [1.82, 2.24) is 0 Å². The van der Waals surface area contributed by atoms with Gasteiger partial charge in [-0.15, -0.1) is 0 Å². The molecule has 0 radical (unpaired) electrons. The predicted molar refractivity (Wildman–Crippen MR) is 61.6 cm³/mol. The number of fused-ring (bicyclic) bond motifs is 1. The molecule has 14 heavy (non-hydrogen) atoms. The van der Waals surface area contributed by atoms with Crippen molar-refractivity contribution < 1.29 is 9.21 Å². The molecule has 1 atom stereocenters. The maximum absolute atomic E-state index is 10.5. The highest BCUT2D eigenvalue weighted by Crippen LogP contribution is 2.29. The van der Waals surface area contributed by atoms with E-state index < -0.39 is 0 Å². The van der Waals surface area contributed by atoms with Gasteiger partial charge in [0.05, 0.1) is 0 Å². The molecule has 0 fully saturated rings. The maximum atomic E-state index is 10.5. The molecule has 0 N–H and O–H groups in total. The number of hydrogen-bond donors (Lipinski definition) is 0. The van der Waals surface area contributed by atoms with E-state index in [2.05, 4.69) is 31.9 Å². The van der Waals surface area contributed by atoms with Crippen molar-refractivity contribution in [1.29, 1.82) is 0 Å². The van der Waals surface area contributed by atoms with Gasteiger partial charge in [0.25, 0.3) is 0 Å². The quantitative estimate of drug-likeness (QED) is 0.622. The molecule has 2 rings (SSSR count). The summed E-state index contributed by atoms with van der Waals surface area (Å²) in [4.78, 5) is 10.2. The SMILES string of the molecule is O=CC(Br)c1cc2cc(Br)ccc2o1. The van der Waals surface area contributed by atoms with E-state index in [0.717, 1.165) is 21.7 Å². The molecule has 0 amide bonds. The molecule has 2 aromatic rings. The Hall–Kier alpha value is -0.610. The zero-order valence-electron chi connectivity index (χ0n) is 7.04. The molecule has 4 heteroatoms. The van der Waals surface area contributed by atoms with Crippen LogP contribution < -0.4 is 0 Å². The summed E-state index contributed by atoms with van der Waals surface area (Å²) in [5.74, 6) is 0.633. The van der Waals surface area contributed by atoms with Crippen molar-refractivity contribution in [2.75, 3.05) is 0 Å². The molecule has 1 heterocycles. The van der Waals surface area contributed by atoms with Gasteiger partial charge in [0, 0.05) is 9.86 Å². The Morgan fingerprint density at radius 1 is 1.36 bits per heavy atom. The minimum Gasteiger partial charge on any atom is -0.459 e. The van der Waals surface area contributed by atoms with Crippen LogP contribution in [-0.4, -0.2) is 6.29 Å². The number of benzene rings is 1. The lowest BCUT2D eigenvalue weighted by Crippen LogP contribution is -1.85. The van der Waals surface area contributed by atoms with E-state index in [1.807, 2.05) is 24.3 Å². The molecule has 72 valence electrons. The molecule has 1 aromatic carbocycles. The monoisotopic (exact) mass is 316 g/mol. The minimum absolute atomic E-state index is 0.367. The van der Waals surface area contributed by atoms with Crippen molar-refractivity contribution >= 4 is 49.1 Å². The van der Waals surface area contributed by atoms with E-state index in [0.29, 0.717) is 5.76 Å². The number of alkyl halides is 1. The highest BCUT2D eigenvalue weighted by atomic mass is 79.9. The lowest BCUT2D eigenvalue weighted by Gasteiger charge is -1.92. The maximum Gasteiger partial charge on any atom is 0.141 e. The molecular weight excluding hydrogens is 312 g/mol. The first-order valence-electron chi connectivity index (χ1n) is 3.99. The second-order valence-corrected chi connectivity index (χ2v) is 4.77. The van der Waals surface area contributed by atoms with Gasteiger partial charge in [-0.2, -0.15) is 0 Å². The molecule has 2 nitrogen and oxygen atoms in total. The Morgan fingerprint density at radius 2 is 2.14 bits per heavy atom. The van der Waals surface area contributed by atoms with Crippen LogP contribution in [0.25, 0.3) is 11.0 Å². The van der Waals surface area contributed by atoms with Crippen LogP contribution >= 0.6 is 31.9 Å². The number of carbonyl (C=O) groups excluding carboxylic acids is 1. The van der Waals surface area contributed by atoms with E-state index >= 15 is 0 Å². The van der Waals surface area contributed by atoms with Gasteiger partial charge in [0.1, 0.15) is 22.5 Å². The predicted octanol–water partition coefficient (Wildman–Crippen LogP) is 3.83. The fourth-order valence-corrected chi connectivity index (χ4v) is 1.84. The fraction of sp³-hybridized carbons (Fsp3) is 0.100. The number of aldehydes is 1. The zero-order valence-corrected chi connectivity index (χ0v) is 10.2. The number of hydrogen-bond acceptors (Lipinski definition) is 2. The molecule has 0 saturated heterocycles. The third-order valence-electron chi connectivity index (χ3n) is 1.89. The molecular formula is C10H6Br2O2. The number of halogens is 2. The Kier molecular flexibility index (Phi) is 2.74. The summed E-state index contributed by atoms with van der Waals surface area (Å²) in [7, 11) is 0. The lowest BCUT2D eigenvalue weighted by molar-refractivity contribution is -0.107. The standard InChI is InChI=1S/C10H6Br2O2/c11-7-1-2-9-6(3-7)4-10(14-9)8(12)5-13/h1-5,8H. The minimum atomic E-state index is -0.367. The molecule has 0 aliphatic carbocycles. The van der Waals surface area contributed by atoms with Gasteiger partial charge in [-0.05, 0) is 24.3 Å². The van der Waals surface area contributed by atoms with E-state index in [1.165, 1.54) is 0 Å².